The molecule has 0 bridgehead atoms. The Kier molecular flexibility index (Phi) is 3.12. The molecule has 2 amide bonds. The number of aromatic nitrogens is 4. The van der Waals surface area contributed by atoms with Gasteiger partial charge in [-0.1, -0.05) is 23.2 Å². The third-order valence-corrected chi connectivity index (χ3v) is 2.54. The van der Waals surface area contributed by atoms with Crippen molar-refractivity contribution >= 4 is 34.9 Å². The predicted molar refractivity (Wildman–Crippen MR) is 62.8 cm³/mol. The molecular weight excluding hydrogens is 267 g/mol. The van der Waals surface area contributed by atoms with Gasteiger partial charge in [-0.3, -0.25) is 0 Å². The zero-order valence-corrected chi connectivity index (χ0v) is 9.75. The topological polar surface area (TPSA) is 110 Å². The summed E-state index contributed by atoms with van der Waals surface area (Å²) in [6.45, 7) is 0. The molecule has 1 aromatic heterocycles. The molecule has 0 saturated carbocycles. The van der Waals surface area contributed by atoms with Crippen molar-refractivity contribution in [1.82, 2.24) is 20.6 Å². The maximum atomic E-state index is 10.8. The van der Waals surface area contributed by atoms with Crippen LogP contribution in [0.1, 0.15) is 0 Å². The van der Waals surface area contributed by atoms with Crippen molar-refractivity contribution in [2.24, 2.45) is 5.73 Å². The van der Waals surface area contributed by atoms with Gasteiger partial charge in [0.1, 0.15) is 0 Å². The molecule has 0 fully saturated rings. The van der Waals surface area contributed by atoms with E-state index in [0.29, 0.717) is 22.1 Å². The summed E-state index contributed by atoms with van der Waals surface area (Å²) in [6, 6.07) is 2.26. The highest BCUT2D eigenvalue weighted by Gasteiger charge is 2.12. The number of halogens is 2. The molecule has 0 unspecified atom stereocenters. The molecule has 7 nitrogen and oxygen atoms in total. The Hall–Kier alpha value is -1.86. The van der Waals surface area contributed by atoms with Gasteiger partial charge in [0.05, 0.1) is 15.7 Å². The maximum absolute atomic E-state index is 10.8. The number of nitrogens with zero attached hydrogens (tertiary/aromatic N) is 3. The molecule has 88 valence electrons. The van der Waals surface area contributed by atoms with Crippen molar-refractivity contribution in [2.75, 3.05) is 5.32 Å². The molecule has 9 heteroatoms. The number of hydrogen-bond donors (Lipinski definition) is 3. The Bertz CT molecular complexity index is 555. The van der Waals surface area contributed by atoms with Crippen LogP contribution in [0.25, 0.3) is 11.4 Å². The lowest BCUT2D eigenvalue weighted by molar-refractivity contribution is 0.259. The highest BCUT2D eigenvalue weighted by molar-refractivity contribution is 6.38. The number of anilines is 1. The molecule has 4 N–H and O–H groups in total. The third kappa shape index (κ3) is 2.45. The number of H-pyrrole nitrogens is 1. The number of amides is 2. The second-order valence-corrected chi connectivity index (χ2v) is 3.87. The van der Waals surface area contributed by atoms with Gasteiger partial charge < -0.3 is 11.1 Å². The van der Waals surface area contributed by atoms with Crippen molar-refractivity contribution in [2.45, 2.75) is 0 Å². The van der Waals surface area contributed by atoms with Crippen LogP contribution in [0.2, 0.25) is 10.0 Å². The van der Waals surface area contributed by atoms with Gasteiger partial charge in [0, 0.05) is 5.56 Å². The van der Waals surface area contributed by atoms with Gasteiger partial charge in [0.15, 0.2) is 5.82 Å². The molecule has 1 aromatic carbocycles. The van der Waals surface area contributed by atoms with Crippen LogP contribution in [0, 0.1) is 0 Å². The summed E-state index contributed by atoms with van der Waals surface area (Å²) in [5.41, 5.74) is 5.84. The Labute approximate surface area is 105 Å². The van der Waals surface area contributed by atoms with Crippen molar-refractivity contribution < 1.29 is 4.79 Å². The van der Waals surface area contributed by atoms with E-state index in [0.717, 1.165) is 0 Å². The number of aromatic amines is 1. The number of nitrogens with one attached hydrogen (secondary N) is 2. The molecule has 0 atom stereocenters. The molecule has 0 radical (unpaired) electrons. The number of hydrogen-bond acceptors (Lipinski definition) is 4. The molecule has 0 aliphatic rings. The molecule has 0 aliphatic carbocycles. The number of carbonyl (C=O) groups is 1. The van der Waals surface area contributed by atoms with Crippen LogP contribution < -0.4 is 11.1 Å². The summed E-state index contributed by atoms with van der Waals surface area (Å²) < 4.78 is 0. The average molecular weight is 273 g/mol. The third-order valence-electron chi connectivity index (χ3n) is 1.92. The SMILES string of the molecule is NC(=O)Nc1cc(-c2nnn[nH]2)c(Cl)cc1Cl. The lowest BCUT2D eigenvalue weighted by Gasteiger charge is -2.07. The minimum Gasteiger partial charge on any atom is -0.351 e. The first-order valence-electron chi connectivity index (χ1n) is 4.37. The lowest BCUT2D eigenvalue weighted by atomic mass is 10.2. The first-order chi connectivity index (χ1) is 8.08. The molecular formula is C8H6Cl2N6O. The van der Waals surface area contributed by atoms with Crippen LogP contribution in [0.4, 0.5) is 10.5 Å². The van der Waals surface area contributed by atoms with E-state index >= 15 is 0 Å². The summed E-state index contributed by atoms with van der Waals surface area (Å²) in [5, 5.41) is 16.1. The van der Waals surface area contributed by atoms with E-state index in [1.807, 2.05) is 0 Å². The Morgan fingerprint density at radius 1 is 1.35 bits per heavy atom. The normalized spacial score (nSPS) is 10.2. The number of tetrazole rings is 1. The van der Waals surface area contributed by atoms with Crippen molar-refractivity contribution in [3.63, 3.8) is 0 Å². The Morgan fingerprint density at radius 2 is 2.12 bits per heavy atom. The summed E-state index contributed by atoms with van der Waals surface area (Å²) >= 11 is 11.9. The number of carbonyl (C=O) groups excluding carboxylic acids is 1. The van der Waals surface area contributed by atoms with Gasteiger partial charge in [-0.25, -0.2) is 9.89 Å². The minimum atomic E-state index is -0.726. The standard InChI is InChI=1S/C8H6Cl2N6O/c9-4-2-5(10)6(12-8(11)17)1-3(4)7-13-15-16-14-7/h1-2H,(H3,11,12,17)(H,13,14,15,16). The van der Waals surface area contributed by atoms with Crippen LogP contribution >= 0.6 is 23.2 Å². The smallest absolute Gasteiger partial charge is 0.316 e. The number of urea groups is 1. The highest BCUT2D eigenvalue weighted by atomic mass is 35.5. The van der Waals surface area contributed by atoms with E-state index in [-0.39, 0.29) is 5.02 Å². The Balaban J connectivity index is 2.50. The predicted octanol–water partition coefficient (Wildman–Crippen LogP) is 1.66. The first-order valence-corrected chi connectivity index (χ1v) is 5.13. The fourth-order valence-corrected chi connectivity index (χ4v) is 1.75. The van der Waals surface area contributed by atoms with Gasteiger partial charge in [0.25, 0.3) is 0 Å². The zero-order chi connectivity index (χ0) is 12.4. The van der Waals surface area contributed by atoms with E-state index in [1.54, 1.807) is 0 Å². The molecule has 2 aromatic rings. The number of benzene rings is 1. The van der Waals surface area contributed by atoms with Gasteiger partial charge in [0.2, 0.25) is 0 Å². The van der Waals surface area contributed by atoms with Gasteiger partial charge >= 0.3 is 6.03 Å². The first kappa shape index (κ1) is 11.6. The highest BCUT2D eigenvalue weighted by Crippen LogP contribution is 2.33. The van der Waals surface area contributed by atoms with Crippen molar-refractivity contribution in [3.8, 4) is 11.4 Å². The lowest BCUT2D eigenvalue weighted by Crippen LogP contribution is -2.19. The summed E-state index contributed by atoms with van der Waals surface area (Å²) in [4.78, 5) is 10.8. The fraction of sp³-hybridized carbons (Fsp3) is 0. The van der Waals surface area contributed by atoms with Crippen molar-refractivity contribution in [1.29, 1.82) is 0 Å². The van der Waals surface area contributed by atoms with Crippen LogP contribution in [0.5, 0.6) is 0 Å². The molecule has 17 heavy (non-hydrogen) atoms. The van der Waals surface area contributed by atoms with E-state index in [2.05, 4.69) is 25.9 Å². The number of primary amides is 1. The second kappa shape index (κ2) is 4.56. The van der Waals surface area contributed by atoms with Crippen LogP contribution in [-0.4, -0.2) is 26.7 Å². The number of nitrogens with two attached hydrogens (primary N) is 1. The maximum Gasteiger partial charge on any atom is 0.316 e. The van der Waals surface area contributed by atoms with E-state index in [4.69, 9.17) is 28.9 Å². The quantitative estimate of drug-likeness (QED) is 0.772. The van der Waals surface area contributed by atoms with E-state index in [1.165, 1.54) is 12.1 Å². The van der Waals surface area contributed by atoms with Crippen molar-refractivity contribution in [3.05, 3.63) is 22.2 Å². The number of rotatable bonds is 2. The van der Waals surface area contributed by atoms with Gasteiger partial charge in [-0.05, 0) is 22.6 Å². The summed E-state index contributed by atoms with van der Waals surface area (Å²) in [7, 11) is 0. The monoisotopic (exact) mass is 272 g/mol. The molecule has 2 rings (SSSR count). The molecule has 0 spiro atoms. The minimum absolute atomic E-state index is 0.269. The van der Waals surface area contributed by atoms with E-state index in [9.17, 15) is 4.79 Å². The fourth-order valence-electron chi connectivity index (χ4n) is 1.23. The van der Waals surface area contributed by atoms with E-state index < -0.39 is 6.03 Å². The molecule has 1 heterocycles. The zero-order valence-electron chi connectivity index (χ0n) is 8.24. The molecule has 0 saturated heterocycles. The summed E-state index contributed by atoms with van der Waals surface area (Å²) in [6.07, 6.45) is 0. The summed E-state index contributed by atoms with van der Waals surface area (Å²) in [5.74, 6) is 0.360. The van der Waals surface area contributed by atoms with Gasteiger partial charge in [-0.2, -0.15) is 0 Å². The largest absolute Gasteiger partial charge is 0.351 e. The second-order valence-electron chi connectivity index (χ2n) is 3.05. The van der Waals surface area contributed by atoms with Crippen LogP contribution in [0.3, 0.4) is 0 Å². The molecule has 0 aliphatic heterocycles. The van der Waals surface area contributed by atoms with Gasteiger partial charge in [-0.15, -0.1) is 5.10 Å². The average Bonchev–Trinajstić information content (AvgIpc) is 2.74. The Morgan fingerprint density at radius 3 is 2.71 bits per heavy atom. The van der Waals surface area contributed by atoms with Crippen LogP contribution in [0.15, 0.2) is 12.1 Å². The van der Waals surface area contributed by atoms with Crippen LogP contribution in [-0.2, 0) is 0 Å².